The van der Waals surface area contributed by atoms with Crippen LogP contribution in [0.2, 0.25) is 0 Å². The molecule has 194 valence electrons. The molecule has 0 aliphatic carbocycles. The highest BCUT2D eigenvalue weighted by molar-refractivity contribution is 6.01. The van der Waals surface area contributed by atoms with Crippen molar-refractivity contribution in [1.82, 2.24) is 0 Å². The quantitative estimate of drug-likeness (QED) is 0.251. The van der Waals surface area contributed by atoms with Crippen LogP contribution in [0.3, 0.4) is 0 Å². The van der Waals surface area contributed by atoms with Gasteiger partial charge in [0.05, 0.1) is 12.8 Å². The monoisotopic (exact) mass is 479 g/mol. The number of carbonyl (C=O) groups is 3. The number of hydrogen-bond donors (Lipinski definition) is 1. The number of carboxylic acid groups (broad SMARTS) is 1. The molecule has 0 saturated heterocycles. The second-order valence-corrected chi connectivity index (χ2v) is 8.61. The highest BCUT2D eigenvalue weighted by Crippen LogP contribution is 2.27. The zero-order valence-electron chi connectivity index (χ0n) is 22.0. The molecule has 0 radical (unpaired) electrons. The van der Waals surface area contributed by atoms with Crippen molar-refractivity contribution in [1.29, 1.82) is 0 Å². The fourth-order valence-electron chi connectivity index (χ4n) is 3.78. The van der Waals surface area contributed by atoms with Crippen LogP contribution < -0.4 is 4.90 Å². The van der Waals surface area contributed by atoms with Crippen molar-refractivity contribution in [3.05, 3.63) is 29.3 Å². The topological polar surface area (TPSA) is 93.1 Å². The molecule has 7 heteroatoms. The van der Waals surface area contributed by atoms with E-state index in [9.17, 15) is 14.4 Å². The first-order chi connectivity index (χ1) is 16.2. The molecule has 1 rings (SSSR count). The minimum atomic E-state index is -0.706. The second-order valence-electron chi connectivity index (χ2n) is 8.61. The number of esters is 1. The molecule has 1 aromatic carbocycles. The summed E-state index contributed by atoms with van der Waals surface area (Å²) in [5.74, 6) is -1.40. The van der Waals surface area contributed by atoms with E-state index in [1.54, 1.807) is 6.92 Å². The summed E-state index contributed by atoms with van der Waals surface area (Å²) in [6, 6.07) is 5.01. The minimum Gasteiger partial charge on any atom is -0.481 e. The molecule has 1 N–H and O–H groups in total. The number of methoxy groups -OCH3 is 2. The van der Waals surface area contributed by atoms with Gasteiger partial charge in [0.15, 0.2) is 0 Å². The molecular formula is C27H45NO6. The summed E-state index contributed by atoms with van der Waals surface area (Å²) >= 11 is 0. The predicted octanol–water partition coefficient (Wildman–Crippen LogP) is 5.84. The Bertz CT molecular complexity index is 714. The van der Waals surface area contributed by atoms with E-state index in [-0.39, 0.29) is 12.5 Å². The number of rotatable bonds is 15. The third kappa shape index (κ3) is 12.7. The molecule has 0 fully saturated rings. The Kier molecular flexibility index (Phi) is 17.6. The maximum absolute atomic E-state index is 12.3. The lowest BCUT2D eigenvalue weighted by Crippen LogP contribution is -2.46. The second kappa shape index (κ2) is 19.0. The minimum absolute atomic E-state index is 0.0882. The Morgan fingerprint density at radius 3 is 1.85 bits per heavy atom. The lowest BCUT2D eigenvalue weighted by atomic mass is 10.1. The summed E-state index contributed by atoms with van der Waals surface area (Å²) in [5.41, 5.74) is 2.57. The van der Waals surface area contributed by atoms with Gasteiger partial charge in [0, 0.05) is 13.5 Å². The van der Waals surface area contributed by atoms with Crippen LogP contribution in [0.1, 0.15) is 89.2 Å². The molecule has 0 bridgehead atoms. The number of unbranched alkanes of at least 4 members (excludes halogenated alkanes) is 8. The van der Waals surface area contributed by atoms with Gasteiger partial charge in [-0.05, 0) is 38.3 Å². The molecule has 0 saturated carbocycles. The molecule has 0 aliphatic rings. The number of aryl methyl sites for hydroxylation is 2. The number of ether oxygens (including phenoxy) is 2. The first kappa shape index (κ1) is 31.6. The SMILES string of the molecule is CCCCCCCCCCCC(=O)O.COCC(=O)N(c1c(C)cccc1C)C(C)C(=O)OC. The van der Waals surface area contributed by atoms with Crippen LogP contribution in [-0.2, 0) is 23.9 Å². The van der Waals surface area contributed by atoms with E-state index in [1.807, 2.05) is 32.0 Å². The number of anilines is 1. The van der Waals surface area contributed by atoms with Crippen molar-refractivity contribution >= 4 is 23.5 Å². The van der Waals surface area contributed by atoms with Crippen LogP contribution in [0.5, 0.6) is 0 Å². The Balaban J connectivity index is 0.000000686. The zero-order valence-corrected chi connectivity index (χ0v) is 22.0. The fraction of sp³-hybridized carbons (Fsp3) is 0.667. The maximum Gasteiger partial charge on any atom is 0.328 e. The van der Waals surface area contributed by atoms with Crippen LogP contribution >= 0.6 is 0 Å². The summed E-state index contributed by atoms with van der Waals surface area (Å²) in [6.45, 7) is 7.59. The smallest absolute Gasteiger partial charge is 0.328 e. The van der Waals surface area contributed by atoms with Gasteiger partial charge in [-0.3, -0.25) is 14.5 Å². The standard InChI is InChI=1S/C15H21NO4.C12H24O2/c1-10-7-6-8-11(2)14(10)16(13(17)9-19-4)12(3)15(18)20-5;1-2-3-4-5-6-7-8-9-10-11-12(13)14/h6-8,12H,9H2,1-5H3;2-11H2,1H3,(H,13,14). The maximum atomic E-state index is 12.3. The third-order valence-corrected chi connectivity index (χ3v) is 5.64. The van der Waals surface area contributed by atoms with E-state index in [2.05, 4.69) is 6.92 Å². The lowest BCUT2D eigenvalue weighted by Gasteiger charge is -2.30. The number of benzene rings is 1. The van der Waals surface area contributed by atoms with E-state index in [0.717, 1.165) is 29.7 Å². The summed E-state index contributed by atoms with van der Waals surface area (Å²) in [7, 11) is 2.76. The van der Waals surface area contributed by atoms with Crippen LogP contribution in [0, 0.1) is 13.8 Å². The first-order valence-corrected chi connectivity index (χ1v) is 12.4. The van der Waals surface area contributed by atoms with Crippen LogP contribution in [-0.4, -0.2) is 49.8 Å². The van der Waals surface area contributed by atoms with Gasteiger partial charge in [-0.15, -0.1) is 0 Å². The van der Waals surface area contributed by atoms with Crippen molar-refractivity contribution in [2.45, 2.75) is 97.9 Å². The number of carboxylic acids is 1. The Hall–Kier alpha value is -2.41. The van der Waals surface area contributed by atoms with E-state index in [0.29, 0.717) is 6.42 Å². The highest BCUT2D eigenvalue weighted by atomic mass is 16.5. The third-order valence-electron chi connectivity index (χ3n) is 5.64. The number of hydrogen-bond acceptors (Lipinski definition) is 5. The molecule has 0 spiro atoms. The van der Waals surface area contributed by atoms with E-state index >= 15 is 0 Å². The average molecular weight is 480 g/mol. The number of para-hydroxylation sites is 1. The molecule has 1 aromatic rings. The normalized spacial score (nSPS) is 11.2. The van der Waals surface area contributed by atoms with E-state index < -0.39 is 18.0 Å². The summed E-state index contributed by atoms with van der Waals surface area (Å²) in [6.07, 6.45) is 11.5. The Morgan fingerprint density at radius 1 is 0.912 bits per heavy atom. The van der Waals surface area contributed by atoms with Crippen LogP contribution in [0.4, 0.5) is 5.69 Å². The molecule has 0 aromatic heterocycles. The largest absolute Gasteiger partial charge is 0.481 e. The van der Waals surface area contributed by atoms with Gasteiger partial charge in [-0.25, -0.2) is 4.79 Å². The molecule has 0 heterocycles. The van der Waals surface area contributed by atoms with Crippen LogP contribution in [0.15, 0.2) is 18.2 Å². The van der Waals surface area contributed by atoms with E-state index in [1.165, 1.54) is 64.1 Å². The van der Waals surface area contributed by atoms with E-state index in [4.69, 9.17) is 14.6 Å². The number of aliphatic carboxylic acids is 1. The van der Waals surface area contributed by atoms with Crippen LogP contribution in [0.25, 0.3) is 0 Å². The number of amides is 1. The average Bonchev–Trinajstić information content (AvgIpc) is 2.80. The number of carbonyl (C=O) groups excluding carboxylic acids is 2. The van der Waals surface area contributed by atoms with Crippen molar-refractivity contribution in [2.24, 2.45) is 0 Å². The summed E-state index contributed by atoms with van der Waals surface area (Å²) in [4.78, 5) is 35.8. The zero-order chi connectivity index (χ0) is 25.9. The van der Waals surface area contributed by atoms with Gasteiger partial charge in [0.2, 0.25) is 0 Å². The first-order valence-electron chi connectivity index (χ1n) is 12.4. The highest BCUT2D eigenvalue weighted by Gasteiger charge is 2.29. The van der Waals surface area contributed by atoms with Crippen molar-refractivity contribution in [3.8, 4) is 0 Å². The molecule has 1 unspecified atom stereocenters. The molecule has 1 atom stereocenters. The van der Waals surface area contributed by atoms with Gasteiger partial charge in [-0.2, -0.15) is 0 Å². The van der Waals surface area contributed by atoms with Gasteiger partial charge >= 0.3 is 11.9 Å². The molecule has 7 nitrogen and oxygen atoms in total. The van der Waals surface area contributed by atoms with Crippen molar-refractivity contribution in [3.63, 3.8) is 0 Å². The lowest BCUT2D eigenvalue weighted by molar-refractivity contribution is -0.143. The molecule has 34 heavy (non-hydrogen) atoms. The molecular weight excluding hydrogens is 434 g/mol. The Labute approximate surface area is 205 Å². The summed E-state index contributed by atoms with van der Waals surface area (Å²) in [5, 5.41) is 8.41. The summed E-state index contributed by atoms with van der Waals surface area (Å²) < 4.78 is 9.65. The van der Waals surface area contributed by atoms with Gasteiger partial charge in [0.1, 0.15) is 12.6 Å². The number of nitrogens with zero attached hydrogens (tertiary/aromatic N) is 1. The Morgan fingerprint density at radius 2 is 1.41 bits per heavy atom. The van der Waals surface area contributed by atoms with Gasteiger partial charge in [-0.1, -0.05) is 76.5 Å². The van der Waals surface area contributed by atoms with Crippen molar-refractivity contribution < 1.29 is 29.0 Å². The van der Waals surface area contributed by atoms with Crippen molar-refractivity contribution in [2.75, 3.05) is 25.7 Å². The van der Waals surface area contributed by atoms with Gasteiger partial charge < -0.3 is 14.6 Å². The molecule has 1 amide bonds. The van der Waals surface area contributed by atoms with Gasteiger partial charge in [0.25, 0.3) is 5.91 Å². The molecule has 0 aliphatic heterocycles. The fourth-order valence-corrected chi connectivity index (χ4v) is 3.78. The predicted molar refractivity (Wildman–Crippen MR) is 136 cm³/mol.